The normalized spacial score (nSPS) is 18.5. The van der Waals surface area contributed by atoms with Gasteiger partial charge in [0, 0.05) is 67.9 Å². The Morgan fingerprint density at radius 2 is 1.78 bits per heavy atom. The highest BCUT2D eigenvalue weighted by Gasteiger charge is 2.34. The third-order valence-corrected chi connectivity index (χ3v) is 11.7. The topological polar surface area (TPSA) is 123 Å². The van der Waals surface area contributed by atoms with Crippen molar-refractivity contribution in [1.29, 1.82) is 0 Å². The number of methoxy groups -OCH3 is 1. The van der Waals surface area contributed by atoms with Gasteiger partial charge in [-0.2, -0.15) is 12.7 Å². The minimum atomic E-state index is -3.98. The van der Waals surface area contributed by atoms with Crippen LogP contribution in [0.5, 0.6) is 5.75 Å². The van der Waals surface area contributed by atoms with Crippen LogP contribution < -0.4 is 9.46 Å². The monoisotopic (exact) mass is 685 g/mol. The van der Waals surface area contributed by atoms with Crippen LogP contribution in [0.1, 0.15) is 81.5 Å². The smallest absolute Gasteiger partial charge is 0.303 e. The summed E-state index contributed by atoms with van der Waals surface area (Å²) >= 11 is 0. The predicted octanol–water partition coefficient (Wildman–Crippen LogP) is 5.11. The van der Waals surface area contributed by atoms with Crippen LogP contribution >= 0.6 is 0 Å². The molecule has 4 aromatic rings. The molecule has 0 bridgehead atoms. The first-order valence-corrected chi connectivity index (χ1v) is 18.5. The van der Waals surface area contributed by atoms with Crippen LogP contribution in [-0.4, -0.2) is 86.5 Å². The first kappa shape index (κ1) is 33.2. The Kier molecular flexibility index (Phi) is 9.21. The molecule has 1 saturated heterocycles. The number of carbonyl (C=O) groups is 2. The van der Waals surface area contributed by atoms with Crippen molar-refractivity contribution < 1.29 is 27.5 Å². The van der Waals surface area contributed by atoms with Crippen LogP contribution in [0.4, 0.5) is 0 Å². The van der Waals surface area contributed by atoms with Crippen LogP contribution in [0.25, 0.3) is 22.2 Å². The van der Waals surface area contributed by atoms with E-state index in [1.807, 2.05) is 35.2 Å². The maximum absolute atomic E-state index is 14.0. The minimum Gasteiger partial charge on any atom is -0.497 e. The Hall–Kier alpha value is -4.26. The van der Waals surface area contributed by atoms with E-state index in [1.54, 1.807) is 19.4 Å². The number of benzene rings is 2. The zero-order chi connectivity index (χ0) is 34.3. The van der Waals surface area contributed by atoms with Gasteiger partial charge in [0.25, 0.3) is 11.8 Å². The molecule has 12 heteroatoms. The molecule has 2 aromatic carbocycles. The second-order valence-electron chi connectivity index (χ2n) is 13.4. The van der Waals surface area contributed by atoms with E-state index in [2.05, 4.69) is 21.4 Å². The summed E-state index contributed by atoms with van der Waals surface area (Å²) < 4.78 is 41.9. The van der Waals surface area contributed by atoms with Gasteiger partial charge in [-0.3, -0.25) is 14.6 Å². The van der Waals surface area contributed by atoms with E-state index in [1.165, 1.54) is 26.1 Å². The van der Waals surface area contributed by atoms with Crippen molar-refractivity contribution in [2.24, 2.45) is 0 Å². The van der Waals surface area contributed by atoms with Gasteiger partial charge >= 0.3 is 10.2 Å². The number of aromatic nitrogens is 2. The van der Waals surface area contributed by atoms with Gasteiger partial charge in [-0.05, 0) is 78.8 Å². The number of amides is 2. The molecule has 1 atom stereocenters. The zero-order valence-corrected chi connectivity index (χ0v) is 29.1. The number of nitrogens with one attached hydrogen (secondary N) is 1. The summed E-state index contributed by atoms with van der Waals surface area (Å²) in [5.41, 5.74) is 7.00. The van der Waals surface area contributed by atoms with Crippen molar-refractivity contribution in [3.05, 3.63) is 82.7 Å². The lowest BCUT2D eigenvalue weighted by molar-refractivity contribution is 0.0301. The van der Waals surface area contributed by atoms with Gasteiger partial charge in [0.05, 0.1) is 37.3 Å². The number of pyridine rings is 1. The van der Waals surface area contributed by atoms with Gasteiger partial charge < -0.3 is 18.9 Å². The van der Waals surface area contributed by atoms with Crippen LogP contribution in [0.3, 0.4) is 0 Å². The van der Waals surface area contributed by atoms with Gasteiger partial charge in [-0.25, -0.2) is 4.72 Å². The molecule has 11 nitrogen and oxygen atoms in total. The summed E-state index contributed by atoms with van der Waals surface area (Å²) in [6, 6.07) is 15.4. The van der Waals surface area contributed by atoms with Gasteiger partial charge in [0.2, 0.25) is 0 Å². The molecule has 1 aliphatic carbocycles. The van der Waals surface area contributed by atoms with Crippen molar-refractivity contribution >= 4 is 32.9 Å². The fourth-order valence-corrected chi connectivity index (χ4v) is 8.30. The van der Waals surface area contributed by atoms with Crippen molar-refractivity contribution in [3.63, 3.8) is 0 Å². The lowest BCUT2D eigenvalue weighted by Crippen LogP contribution is -2.41. The lowest BCUT2D eigenvalue weighted by Gasteiger charge is -2.28. The fourth-order valence-electron chi connectivity index (χ4n) is 7.76. The average molecular weight is 686 g/mol. The highest BCUT2D eigenvalue weighted by atomic mass is 32.2. The third-order valence-electron chi connectivity index (χ3n) is 10.3. The number of carbonyl (C=O) groups excluding carboxylic acids is 2. The average Bonchev–Trinajstić information content (AvgIpc) is 3.34. The number of ether oxygens (including phenoxy) is 2. The largest absolute Gasteiger partial charge is 0.497 e. The standard InChI is InChI=1S/C37H43N5O6S/c1-40(2)49(45,46)39-36(43)25-11-13-30-32(22-25)42-23-27(34-31(10-7-15-38-34)37(44)41-16-18-48-19-17-41)20-26-21-28(47-3)12-14-29(26)35(42)33(30)24-8-5-4-6-9-24/h7,10-15,21-22,24,27H,4-6,8-9,16-20,23H2,1-3H3,(H,39,43). The lowest BCUT2D eigenvalue weighted by atomic mass is 9.81. The predicted molar refractivity (Wildman–Crippen MR) is 187 cm³/mol. The van der Waals surface area contributed by atoms with Gasteiger partial charge in [0.15, 0.2) is 0 Å². The molecule has 258 valence electrons. The molecule has 1 saturated carbocycles. The Morgan fingerprint density at radius 3 is 2.51 bits per heavy atom. The Balaban J connectivity index is 1.43. The third kappa shape index (κ3) is 6.33. The second kappa shape index (κ2) is 13.6. The molecule has 2 aliphatic heterocycles. The van der Waals surface area contributed by atoms with Crippen molar-refractivity contribution in [2.75, 3.05) is 47.5 Å². The van der Waals surface area contributed by atoms with E-state index >= 15 is 0 Å². The minimum absolute atomic E-state index is 0.0527. The van der Waals surface area contributed by atoms with Crippen molar-refractivity contribution in [2.45, 2.75) is 56.9 Å². The molecule has 7 rings (SSSR count). The van der Waals surface area contributed by atoms with Crippen LogP contribution in [-0.2, 0) is 27.9 Å². The number of fused-ring (bicyclic) bond motifs is 5. The van der Waals surface area contributed by atoms with Gasteiger partial charge in [-0.15, -0.1) is 0 Å². The van der Waals surface area contributed by atoms with E-state index in [9.17, 15) is 18.0 Å². The van der Waals surface area contributed by atoms with Crippen molar-refractivity contribution in [3.8, 4) is 17.0 Å². The zero-order valence-electron chi connectivity index (χ0n) is 28.3. The highest BCUT2D eigenvalue weighted by Crippen LogP contribution is 2.48. The molecule has 3 aliphatic rings. The molecular formula is C37H43N5O6S. The molecule has 49 heavy (non-hydrogen) atoms. The molecular weight excluding hydrogens is 643 g/mol. The van der Waals surface area contributed by atoms with E-state index in [-0.39, 0.29) is 17.4 Å². The first-order valence-electron chi connectivity index (χ1n) is 17.1. The van der Waals surface area contributed by atoms with Crippen LogP contribution in [0, 0.1) is 0 Å². The summed E-state index contributed by atoms with van der Waals surface area (Å²) in [6.07, 6.45) is 8.04. The SMILES string of the molecule is COc1ccc2c(c1)CC(c1ncccc1C(=O)N1CCOCC1)Cn1c-2c(C2CCCCC2)c2ccc(C(=O)NS(=O)(=O)N(C)C)cc21. The molecule has 0 spiro atoms. The number of hydrogen-bond acceptors (Lipinski definition) is 7. The first-order chi connectivity index (χ1) is 23.7. The molecule has 1 N–H and O–H groups in total. The van der Waals surface area contributed by atoms with Crippen molar-refractivity contribution in [1.82, 2.24) is 23.5 Å². The summed E-state index contributed by atoms with van der Waals surface area (Å²) in [6.45, 7) is 2.59. The molecule has 2 amide bonds. The molecule has 2 fully saturated rings. The van der Waals surface area contributed by atoms with Gasteiger partial charge in [-0.1, -0.05) is 25.3 Å². The van der Waals surface area contributed by atoms with E-state index in [4.69, 9.17) is 14.5 Å². The summed E-state index contributed by atoms with van der Waals surface area (Å²) in [4.78, 5) is 34.0. The maximum atomic E-state index is 14.0. The number of hydrogen-bond donors (Lipinski definition) is 1. The summed E-state index contributed by atoms with van der Waals surface area (Å²) in [5.74, 6) is 0.163. The Labute approximate surface area is 287 Å². The molecule has 2 aromatic heterocycles. The summed E-state index contributed by atoms with van der Waals surface area (Å²) in [5, 5.41) is 1.06. The maximum Gasteiger partial charge on any atom is 0.303 e. The van der Waals surface area contributed by atoms with E-state index < -0.39 is 16.1 Å². The molecule has 1 unspecified atom stereocenters. The van der Waals surface area contributed by atoms with Crippen LogP contribution in [0.15, 0.2) is 54.7 Å². The molecule has 0 radical (unpaired) electrons. The quantitative estimate of drug-likeness (QED) is 0.287. The second-order valence-corrected chi connectivity index (χ2v) is 15.3. The molecule has 4 heterocycles. The van der Waals surface area contributed by atoms with Crippen LogP contribution in [0.2, 0.25) is 0 Å². The van der Waals surface area contributed by atoms with E-state index in [0.717, 1.165) is 69.2 Å². The van der Waals surface area contributed by atoms with E-state index in [0.29, 0.717) is 50.8 Å². The summed E-state index contributed by atoms with van der Waals surface area (Å²) in [7, 11) is 0.442. The highest BCUT2D eigenvalue weighted by molar-refractivity contribution is 7.87. The van der Waals surface area contributed by atoms with Gasteiger partial charge in [0.1, 0.15) is 5.75 Å². The number of nitrogens with zero attached hydrogens (tertiary/aromatic N) is 4. The number of morpholine rings is 1. The Morgan fingerprint density at radius 1 is 1.00 bits per heavy atom. The Bertz CT molecular complexity index is 2010. The number of rotatable bonds is 7. The fraction of sp³-hybridized carbons (Fsp3) is 0.432.